The first kappa shape index (κ1) is 12.1. The molecule has 0 saturated heterocycles. The van der Waals surface area contributed by atoms with Gasteiger partial charge in [0.05, 0.1) is 0 Å². The molecule has 0 aliphatic carbocycles. The summed E-state index contributed by atoms with van der Waals surface area (Å²) in [7, 11) is 3.59. The molecule has 1 unspecified atom stereocenters. The smallest absolute Gasteiger partial charge is 0.225 e. The predicted molar refractivity (Wildman–Crippen MR) is 51.4 cm³/mol. The molecular weight excluding hydrogens is 168 g/mol. The Morgan fingerprint density at radius 1 is 1.62 bits per heavy atom. The topological polar surface area (TPSA) is 49.4 Å². The minimum atomic E-state index is -0.195. The number of rotatable bonds is 6. The Kier molecular flexibility index (Phi) is 6.14. The van der Waals surface area contributed by atoms with Crippen molar-refractivity contribution in [3.05, 3.63) is 0 Å². The van der Waals surface area contributed by atoms with E-state index in [-0.39, 0.29) is 11.8 Å². The molecule has 4 heteroatoms. The number of amides is 1. The van der Waals surface area contributed by atoms with Gasteiger partial charge in [-0.25, -0.2) is 0 Å². The summed E-state index contributed by atoms with van der Waals surface area (Å²) < 4.78 is 0. The van der Waals surface area contributed by atoms with E-state index < -0.39 is 0 Å². The SMILES string of the molecule is CNCCN(C)C(=O)C(C)CC=O. The number of nitrogens with zero attached hydrogens (tertiary/aromatic N) is 1. The molecule has 13 heavy (non-hydrogen) atoms. The number of likely N-dealkylation sites (N-methyl/N-ethyl adjacent to an activating group) is 2. The minimum Gasteiger partial charge on any atom is -0.344 e. The van der Waals surface area contributed by atoms with Gasteiger partial charge in [0.1, 0.15) is 6.29 Å². The van der Waals surface area contributed by atoms with E-state index in [4.69, 9.17) is 0 Å². The van der Waals surface area contributed by atoms with E-state index in [1.54, 1.807) is 18.9 Å². The summed E-state index contributed by atoms with van der Waals surface area (Å²) >= 11 is 0. The quantitative estimate of drug-likeness (QED) is 0.589. The molecule has 1 amide bonds. The van der Waals surface area contributed by atoms with Gasteiger partial charge in [0.2, 0.25) is 5.91 Å². The Morgan fingerprint density at radius 2 is 2.23 bits per heavy atom. The van der Waals surface area contributed by atoms with E-state index in [9.17, 15) is 9.59 Å². The van der Waals surface area contributed by atoms with Crippen molar-refractivity contribution in [3.8, 4) is 0 Å². The van der Waals surface area contributed by atoms with Gasteiger partial charge in [0.15, 0.2) is 0 Å². The monoisotopic (exact) mass is 186 g/mol. The zero-order chi connectivity index (χ0) is 10.3. The largest absolute Gasteiger partial charge is 0.344 e. The van der Waals surface area contributed by atoms with Gasteiger partial charge in [-0.1, -0.05) is 6.92 Å². The lowest BCUT2D eigenvalue weighted by molar-refractivity contribution is -0.134. The molecule has 1 atom stereocenters. The molecule has 0 radical (unpaired) electrons. The Hall–Kier alpha value is -0.900. The van der Waals surface area contributed by atoms with Crippen molar-refractivity contribution in [3.63, 3.8) is 0 Å². The van der Waals surface area contributed by atoms with Crippen LogP contribution in [-0.4, -0.2) is 44.3 Å². The molecule has 0 bridgehead atoms. The molecule has 0 aliphatic rings. The molecule has 0 aliphatic heterocycles. The third kappa shape index (κ3) is 4.62. The zero-order valence-corrected chi connectivity index (χ0v) is 8.54. The molecule has 0 saturated carbocycles. The van der Waals surface area contributed by atoms with Gasteiger partial charge in [-0.05, 0) is 7.05 Å². The van der Waals surface area contributed by atoms with Crippen LogP contribution < -0.4 is 5.32 Å². The van der Waals surface area contributed by atoms with Crippen molar-refractivity contribution >= 4 is 12.2 Å². The Morgan fingerprint density at radius 3 is 2.69 bits per heavy atom. The minimum absolute atomic E-state index is 0.0300. The fraction of sp³-hybridized carbons (Fsp3) is 0.778. The third-order valence-electron chi connectivity index (χ3n) is 1.94. The number of carbonyl (C=O) groups excluding carboxylic acids is 2. The summed E-state index contributed by atoms with van der Waals surface area (Å²) in [6.07, 6.45) is 1.09. The summed E-state index contributed by atoms with van der Waals surface area (Å²) in [6.45, 7) is 3.22. The van der Waals surface area contributed by atoms with Gasteiger partial charge < -0.3 is 15.0 Å². The van der Waals surface area contributed by atoms with Crippen LogP contribution >= 0.6 is 0 Å². The Labute approximate surface area is 79.3 Å². The lowest BCUT2D eigenvalue weighted by atomic mass is 10.1. The van der Waals surface area contributed by atoms with Gasteiger partial charge in [-0.2, -0.15) is 0 Å². The van der Waals surface area contributed by atoms with Gasteiger partial charge >= 0.3 is 0 Å². The van der Waals surface area contributed by atoms with Crippen LogP contribution in [0.3, 0.4) is 0 Å². The van der Waals surface area contributed by atoms with Crippen LogP contribution in [0.2, 0.25) is 0 Å². The van der Waals surface area contributed by atoms with Gasteiger partial charge in [0.25, 0.3) is 0 Å². The van der Waals surface area contributed by atoms with Crippen LogP contribution in [0.1, 0.15) is 13.3 Å². The number of nitrogens with one attached hydrogen (secondary N) is 1. The zero-order valence-electron chi connectivity index (χ0n) is 8.54. The molecule has 0 aromatic carbocycles. The van der Waals surface area contributed by atoms with Crippen molar-refractivity contribution in [2.75, 3.05) is 27.2 Å². The van der Waals surface area contributed by atoms with E-state index >= 15 is 0 Å². The maximum absolute atomic E-state index is 11.5. The molecule has 4 nitrogen and oxygen atoms in total. The highest BCUT2D eigenvalue weighted by Gasteiger charge is 2.15. The summed E-state index contributed by atoms with van der Waals surface area (Å²) in [6, 6.07) is 0. The van der Waals surface area contributed by atoms with Crippen molar-refractivity contribution < 1.29 is 9.59 Å². The molecule has 0 fully saturated rings. The maximum atomic E-state index is 11.5. The van der Waals surface area contributed by atoms with Crippen molar-refractivity contribution in [2.45, 2.75) is 13.3 Å². The highest BCUT2D eigenvalue weighted by atomic mass is 16.2. The van der Waals surface area contributed by atoms with Crippen LogP contribution in [0.4, 0.5) is 0 Å². The lowest BCUT2D eigenvalue weighted by Gasteiger charge is -2.19. The van der Waals surface area contributed by atoms with E-state index in [0.29, 0.717) is 13.0 Å². The van der Waals surface area contributed by atoms with Gasteiger partial charge in [-0.15, -0.1) is 0 Å². The first-order valence-corrected chi connectivity index (χ1v) is 4.46. The van der Waals surface area contributed by atoms with E-state index in [2.05, 4.69) is 5.32 Å². The number of hydrogen-bond acceptors (Lipinski definition) is 3. The predicted octanol–water partition coefficient (Wildman–Crippen LogP) is -0.111. The van der Waals surface area contributed by atoms with Crippen molar-refractivity contribution in [2.24, 2.45) is 5.92 Å². The molecule has 76 valence electrons. The first-order chi connectivity index (χ1) is 6.13. The summed E-state index contributed by atoms with van der Waals surface area (Å²) in [5, 5.41) is 2.96. The van der Waals surface area contributed by atoms with Gasteiger partial charge in [-0.3, -0.25) is 4.79 Å². The normalized spacial score (nSPS) is 12.2. The number of aldehydes is 1. The van der Waals surface area contributed by atoms with Crippen molar-refractivity contribution in [1.29, 1.82) is 0 Å². The van der Waals surface area contributed by atoms with E-state index in [1.807, 2.05) is 7.05 Å². The lowest BCUT2D eigenvalue weighted by Crippen LogP contribution is -2.36. The van der Waals surface area contributed by atoms with Crippen LogP contribution in [-0.2, 0) is 9.59 Å². The first-order valence-electron chi connectivity index (χ1n) is 4.46. The fourth-order valence-corrected chi connectivity index (χ4v) is 1.01. The average Bonchev–Trinajstić information content (AvgIpc) is 2.13. The molecule has 0 spiro atoms. The highest BCUT2D eigenvalue weighted by molar-refractivity contribution is 5.80. The molecule has 0 rings (SSSR count). The average molecular weight is 186 g/mol. The van der Waals surface area contributed by atoms with E-state index in [1.165, 1.54) is 0 Å². The maximum Gasteiger partial charge on any atom is 0.225 e. The summed E-state index contributed by atoms with van der Waals surface area (Å²) in [5.74, 6) is -0.165. The Balaban J connectivity index is 3.86. The van der Waals surface area contributed by atoms with Crippen molar-refractivity contribution in [1.82, 2.24) is 10.2 Å². The molecule has 0 aromatic heterocycles. The molecule has 0 aromatic rings. The second-order valence-corrected chi connectivity index (χ2v) is 3.17. The number of carbonyl (C=O) groups is 2. The van der Waals surface area contributed by atoms with Crippen LogP contribution in [0.25, 0.3) is 0 Å². The molecule has 0 heterocycles. The second-order valence-electron chi connectivity index (χ2n) is 3.17. The molecule has 1 N–H and O–H groups in total. The summed E-state index contributed by atoms with van der Waals surface area (Å²) in [5.41, 5.74) is 0. The fourth-order valence-electron chi connectivity index (χ4n) is 1.01. The number of hydrogen-bond donors (Lipinski definition) is 1. The Bertz CT molecular complexity index is 171. The standard InChI is InChI=1S/C9H18N2O2/c1-8(4-7-12)9(13)11(3)6-5-10-2/h7-8,10H,4-6H2,1-3H3. The molecular formula is C9H18N2O2. The summed E-state index contributed by atoms with van der Waals surface area (Å²) in [4.78, 5) is 23.3. The van der Waals surface area contributed by atoms with E-state index in [0.717, 1.165) is 12.8 Å². The van der Waals surface area contributed by atoms with Gasteiger partial charge in [0, 0.05) is 32.5 Å². The second kappa shape index (κ2) is 6.60. The van der Waals surface area contributed by atoms with Crippen LogP contribution in [0.15, 0.2) is 0 Å². The van der Waals surface area contributed by atoms with Crippen LogP contribution in [0.5, 0.6) is 0 Å². The third-order valence-corrected chi connectivity index (χ3v) is 1.94. The van der Waals surface area contributed by atoms with Crippen LogP contribution in [0, 0.1) is 5.92 Å². The highest BCUT2D eigenvalue weighted by Crippen LogP contribution is 2.03.